The summed E-state index contributed by atoms with van der Waals surface area (Å²) in [4.78, 5) is 5.30. The Morgan fingerprint density at radius 1 is 1.05 bits per heavy atom. The Balaban J connectivity index is 0.00000110. The van der Waals surface area contributed by atoms with Crippen molar-refractivity contribution in [3.05, 3.63) is 29.8 Å². The summed E-state index contributed by atoms with van der Waals surface area (Å²) in [5, 5.41) is 0. The van der Waals surface area contributed by atoms with Gasteiger partial charge in [0.05, 0.1) is 0 Å². The van der Waals surface area contributed by atoms with E-state index < -0.39 is 0 Å². The normalized spacial score (nSPS) is 23.3. The van der Waals surface area contributed by atoms with Crippen molar-refractivity contribution >= 4 is 30.5 Å². The van der Waals surface area contributed by atoms with Crippen LogP contribution in [0.15, 0.2) is 24.3 Å². The molecule has 2 saturated heterocycles. The number of nitrogens with two attached hydrogens (primary N) is 1. The zero-order valence-corrected chi connectivity index (χ0v) is 14.2. The second-order valence-electron chi connectivity index (χ2n) is 6.02. The van der Waals surface area contributed by atoms with Crippen LogP contribution >= 0.6 is 24.8 Å². The van der Waals surface area contributed by atoms with E-state index in [0.717, 1.165) is 18.3 Å². The monoisotopic (exact) mass is 331 g/mol. The number of likely N-dealkylation sites (tertiary alicyclic amines) is 2. The lowest BCUT2D eigenvalue weighted by Crippen LogP contribution is -2.46. The Bertz CT molecular complexity index is 422. The second kappa shape index (κ2) is 8.84. The average molecular weight is 332 g/mol. The highest BCUT2D eigenvalue weighted by Crippen LogP contribution is 2.22. The van der Waals surface area contributed by atoms with Crippen LogP contribution in [0.2, 0.25) is 0 Å². The van der Waals surface area contributed by atoms with Crippen LogP contribution in [-0.2, 0) is 6.54 Å². The Kier molecular flexibility index (Phi) is 7.82. The summed E-state index contributed by atoms with van der Waals surface area (Å²) in [6.45, 7) is 6.15. The predicted octanol–water partition coefficient (Wildman–Crippen LogP) is 3.17. The van der Waals surface area contributed by atoms with Crippen LogP contribution < -0.4 is 5.73 Å². The third-order valence-corrected chi connectivity index (χ3v) is 4.49. The topological polar surface area (TPSA) is 32.5 Å². The van der Waals surface area contributed by atoms with Gasteiger partial charge in [0, 0.05) is 24.8 Å². The summed E-state index contributed by atoms with van der Waals surface area (Å²) in [5.41, 5.74) is 8.09. The fourth-order valence-corrected chi connectivity index (χ4v) is 3.53. The first-order valence-corrected chi connectivity index (χ1v) is 7.62. The smallest absolute Gasteiger partial charge is 0.0317 e. The number of halogens is 2. The van der Waals surface area contributed by atoms with Crippen molar-refractivity contribution in [3.63, 3.8) is 0 Å². The van der Waals surface area contributed by atoms with E-state index in [0.29, 0.717) is 0 Å². The predicted molar refractivity (Wildman–Crippen MR) is 94.5 cm³/mol. The van der Waals surface area contributed by atoms with E-state index in [1.165, 1.54) is 57.4 Å². The number of hydrogen-bond acceptors (Lipinski definition) is 3. The summed E-state index contributed by atoms with van der Waals surface area (Å²) in [7, 11) is 0. The lowest BCUT2D eigenvalue weighted by Gasteiger charge is -2.37. The standard InChI is InChI=1S/C16H25N3.2ClH/c17-15-6-3-5-14(11-15)12-18-8-4-7-16(13-18)19-9-1-2-10-19;;/h3,5-6,11,16H,1-2,4,7-10,12-13,17H2;2*1H. The molecule has 0 bridgehead atoms. The molecule has 2 fully saturated rings. The van der Waals surface area contributed by atoms with Gasteiger partial charge >= 0.3 is 0 Å². The van der Waals surface area contributed by atoms with Gasteiger partial charge in [-0.15, -0.1) is 24.8 Å². The van der Waals surface area contributed by atoms with E-state index in [-0.39, 0.29) is 24.8 Å². The number of rotatable bonds is 3. The van der Waals surface area contributed by atoms with Gasteiger partial charge in [-0.25, -0.2) is 0 Å². The van der Waals surface area contributed by atoms with Crippen molar-refractivity contribution in [1.29, 1.82) is 0 Å². The molecule has 0 saturated carbocycles. The summed E-state index contributed by atoms with van der Waals surface area (Å²) in [5.74, 6) is 0. The quantitative estimate of drug-likeness (QED) is 0.863. The lowest BCUT2D eigenvalue weighted by molar-refractivity contribution is 0.110. The molecule has 120 valence electrons. The van der Waals surface area contributed by atoms with Crippen molar-refractivity contribution in [2.75, 3.05) is 31.9 Å². The van der Waals surface area contributed by atoms with Crippen molar-refractivity contribution in [1.82, 2.24) is 9.80 Å². The molecule has 2 N–H and O–H groups in total. The zero-order chi connectivity index (χ0) is 13.1. The fraction of sp³-hybridized carbons (Fsp3) is 0.625. The van der Waals surface area contributed by atoms with E-state index in [1.807, 2.05) is 6.07 Å². The van der Waals surface area contributed by atoms with E-state index in [1.54, 1.807) is 0 Å². The Morgan fingerprint density at radius 3 is 2.52 bits per heavy atom. The molecule has 2 heterocycles. The van der Waals surface area contributed by atoms with Crippen molar-refractivity contribution in [2.24, 2.45) is 0 Å². The number of piperidine rings is 1. The van der Waals surface area contributed by atoms with Crippen LogP contribution in [0.1, 0.15) is 31.2 Å². The largest absolute Gasteiger partial charge is 0.399 e. The summed E-state index contributed by atoms with van der Waals surface area (Å²) >= 11 is 0. The van der Waals surface area contributed by atoms with Crippen LogP contribution in [0.4, 0.5) is 5.69 Å². The van der Waals surface area contributed by atoms with Crippen molar-refractivity contribution < 1.29 is 0 Å². The minimum atomic E-state index is 0. The third kappa shape index (κ3) is 5.03. The number of hydrogen-bond donors (Lipinski definition) is 1. The van der Waals surface area contributed by atoms with Crippen LogP contribution in [-0.4, -0.2) is 42.0 Å². The Labute approximate surface area is 140 Å². The Hall–Kier alpha value is -0.480. The van der Waals surface area contributed by atoms with Crippen LogP contribution in [0.3, 0.4) is 0 Å². The average Bonchev–Trinajstić information content (AvgIpc) is 2.93. The molecule has 0 spiro atoms. The summed E-state index contributed by atoms with van der Waals surface area (Å²) < 4.78 is 0. The van der Waals surface area contributed by atoms with Gasteiger partial charge in [0.1, 0.15) is 0 Å². The van der Waals surface area contributed by atoms with Crippen LogP contribution in [0, 0.1) is 0 Å². The molecule has 1 unspecified atom stereocenters. The fourth-order valence-electron chi connectivity index (χ4n) is 3.53. The Morgan fingerprint density at radius 2 is 1.81 bits per heavy atom. The minimum absolute atomic E-state index is 0. The first-order valence-electron chi connectivity index (χ1n) is 7.62. The molecule has 1 atom stereocenters. The SMILES string of the molecule is Cl.Cl.Nc1cccc(CN2CCCC(N3CCCC3)C2)c1. The van der Waals surface area contributed by atoms with E-state index in [2.05, 4.69) is 28.0 Å². The number of nitrogen functional groups attached to an aromatic ring is 1. The summed E-state index contributed by atoms with van der Waals surface area (Å²) in [6, 6.07) is 9.12. The molecule has 1 aromatic carbocycles. The molecule has 0 aliphatic carbocycles. The second-order valence-corrected chi connectivity index (χ2v) is 6.02. The van der Waals surface area contributed by atoms with Gasteiger partial charge in [-0.05, 0) is 63.0 Å². The molecule has 2 aliphatic rings. The van der Waals surface area contributed by atoms with Crippen LogP contribution in [0.5, 0.6) is 0 Å². The van der Waals surface area contributed by atoms with Gasteiger partial charge in [0.2, 0.25) is 0 Å². The highest BCUT2D eigenvalue weighted by molar-refractivity contribution is 5.85. The molecule has 5 heteroatoms. The highest BCUT2D eigenvalue weighted by Gasteiger charge is 2.26. The molecule has 21 heavy (non-hydrogen) atoms. The molecular formula is C16H27Cl2N3. The van der Waals surface area contributed by atoms with E-state index in [9.17, 15) is 0 Å². The maximum absolute atomic E-state index is 5.86. The maximum Gasteiger partial charge on any atom is 0.0317 e. The van der Waals surface area contributed by atoms with Crippen molar-refractivity contribution in [2.45, 2.75) is 38.3 Å². The molecule has 0 radical (unpaired) electrons. The van der Waals surface area contributed by atoms with Gasteiger partial charge in [-0.2, -0.15) is 0 Å². The van der Waals surface area contributed by atoms with Gasteiger partial charge < -0.3 is 5.73 Å². The first-order chi connectivity index (χ1) is 9.31. The molecule has 3 nitrogen and oxygen atoms in total. The number of anilines is 1. The summed E-state index contributed by atoms with van der Waals surface area (Å²) in [6.07, 6.45) is 5.51. The van der Waals surface area contributed by atoms with Crippen LogP contribution in [0.25, 0.3) is 0 Å². The third-order valence-electron chi connectivity index (χ3n) is 4.49. The molecule has 0 aromatic heterocycles. The van der Waals surface area contributed by atoms with E-state index >= 15 is 0 Å². The van der Waals surface area contributed by atoms with Gasteiger partial charge in [-0.1, -0.05) is 12.1 Å². The molecule has 1 aromatic rings. The molecular weight excluding hydrogens is 305 g/mol. The minimum Gasteiger partial charge on any atom is -0.399 e. The van der Waals surface area contributed by atoms with Crippen molar-refractivity contribution in [3.8, 4) is 0 Å². The lowest BCUT2D eigenvalue weighted by atomic mass is 10.0. The van der Waals surface area contributed by atoms with Gasteiger partial charge in [-0.3, -0.25) is 9.80 Å². The van der Waals surface area contributed by atoms with E-state index in [4.69, 9.17) is 5.73 Å². The first kappa shape index (κ1) is 18.6. The van der Waals surface area contributed by atoms with Gasteiger partial charge in [0.25, 0.3) is 0 Å². The highest BCUT2D eigenvalue weighted by atomic mass is 35.5. The number of nitrogens with zero attached hydrogens (tertiary/aromatic N) is 2. The number of benzene rings is 1. The molecule has 3 rings (SSSR count). The molecule has 2 aliphatic heterocycles. The maximum atomic E-state index is 5.86. The molecule has 0 amide bonds. The zero-order valence-electron chi connectivity index (χ0n) is 12.5. The van der Waals surface area contributed by atoms with Gasteiger partial charge in [0.15, 0.2) is 0 Å².